The first kappa shape index (κ1) is 29.4. The minimum absolute atomic E-state index is 0.119. The number of hydrogen-bond donors (Lipinski definition) is 0. The van der Waals surface area contributed by atoms with Gasteiger partial charge in [0.2, 0.25) is 0 Å². The highest BCUT2D eigenvalue weighted by molar-refractivity contribution is 7.08. The summed E-state index contributed by atoms with van der Waals surface area (Å²) in [5.74, 6) is 1.58. The van der Waals surface area contributed by atoms with Crippen molar-refractivity contribution < 1.29 is 19.0 Å². The second-order valence-corrected chi connectivity index (χ2v) is 9.96. The van der Waals surface area contributed by atoms with E-state index in [1.54, 1.807) is 11.3 Å². The quantitative estimate of drug-likeness (QED) is 0.0869. The van der Waals surface area contributed by atoms with Crippen molar-refractivity contribution in [1.29, 1.82) is 0 Å². The van der Waals surface area contributed by atoms with Crippen molar-refractivity contribution >= 4 is 28.7 Å². The number of esters is 1. The fourth-order valence-electron chi connectivity index (χ4n) is 3.93. The van der Waals surface area contributed by atoms with Gasteiger partial charge in [-0.15, -0.1) is 0 Å². The first-order chi connectivity index (χ1) is 18.7. The fourth-order valence-corrected chi connectivity index (χ4v) is 4.60. The van der Waals surface area contributed by atoms with Crippen molar-refractivity contribution in [3.05, 3.63) is 70.9 Å². The Kier molecular flexibility index (Phi) is 14.0. The Morgan fingerprint density at radius 3 is 1.74 bits per heavy atom. The van der Waals surface area contributed by atoms with Crippen LogP contribution in [0.15, 0.2) is 75.6 Å². The Labute approximate surface area is 231 Å². The largest absolute Gasteiger partial charge is 0.494 e. The first-order valence-electron chi connectivity index (χ1n) is 13.8. The van der Waals surface area contributed by atoms with E-state index >= 15 is 0 Å². The normalized spacial score (nSPS) is 11.1. The summed E-state index contributed by atoms with van der Waals surface area (Å²) in [5.41, 5.74) is 2.62. The number of thiophene rings is 1. The molecular weight excluding hydrogens is 496 g/mol. The molecule has 0 radical (unpaired) electrons. The van der Waals surface area contributed by atoms with Gasteiger partial charge in [-0.25, -0.2) is 0 Å². The van der Waals surface area contributed by atoms with Crippen LogP contribution in [0.1, 0.15) is 70.3 Å². The maximum absolute atomic E-state index is 11.7. The zero-order chi connectivity index (χ0) is 26.7. The summed E-state index contributed by atoms with van der Waals surface area (Å²) in [5, 5.41) is 12.5. The van der Waals surface area contributed by atoms with E-state index in [0.29, 0.717) is 19.6 Å². The Bertz CT molecular complexity index is 1050. The summed E-state index contributed by atoms with van der Waals surface area (Å²) in [6.45, 7) is 3.89. The van der Waals surface area contributed by atoms with E-state index in [2.05, 4.69) is 10.2 Å². The van der Waals surface area contributed by atoms with E-state index in [9.17, 15) is 4.79 Å². The third-order valence-electron chi connectivity index (χ3n) is 6.01. The number of unbranched alkanes of at least 4 members (excludes halogenated alkanes) is 8. The van der Waals surface area contributed by atoms with E-state index in [1.807, 2.05) is 72.3 Å². The van der Waals surface area contributed by atoms with Crippen LogP contribution >= 0.6 is 11.3 Å². The number of nitrogens with zero attached hydrogens (tertiary/aromatic N) is 2. The molecule has 6 nitrogen and oxygen atoms in total. The van der Waals surface area contributed by atoms with E-state index in [4.69, 9.17) is 14.2 Å². The molecule has 0 aliphatic heterocycles. The smallest absolute Gasteiger partial charge is 0.310 e. The maximum atomic E-state index is 11.7. The average molecular weight is 537 g/mol. The average Bonchev–Trinajstić information content (AvgIpc) is 3.45. The molecule has 2 aromatic carbocycles. The zero-order valence-electron chi connectivity index (χ0n) is 22.5. The number of ether oxygens (including phenoxy) is 3. The third kappa shape index (κ3) is 12.4. The molecule has 0 aliphatic carbocycles. The predicted molar refractivity (Wildman–Crippen MR) is 154 cm³/mol. The third-order valence-corrected chi connectivity index (χ3v) is 6.75. The van der Waals surface area contributed by atoms with Crippen LogP contribution in [-0.2, 0) is 16.0 Å². The predicted octanol–water partition coefficient (Wildman–Crippen LogP) is 9.24. The van der Waals surface area contributed by atoms with Crippen molar-refractivity contribution in [3.63, 3.8) is 0 Å². The van der Waals surface area contributed by atoms with Crippen molar-refractivity contribution in [3.8, 4) is 11.5 Å². The van der Waals surface area contributed by atoms with Gasteiger partial charge in [-0.2, -0.15) is 21.6 Å². The number of carbonyl (C=O) groups excluding carboxylic acids is 1. The van der Waals surface area contributed by atoms with Gasteiger partial charge in [0.1, 0.15) is 11.5 Å². The van der Waals surface area contributed by atoms with Crippen LogP contribution in [0.3, 0.4) is 0 Å². The van der Waals surface area contributed by atoms with Gasteiger partial charge in [-0.05, 0) is 90.7 Å². The number of benzene rings is 2. The lowest BCUT2D eigenvalue weighted by molar-refractivity contribution is -0.142. The monoisotopic (exact) mass is 536 g/mol. The molecule has 0 bridgehead atoms. The van der Waals surface area contributed by atoms with Gasteiger partial charge in [0.05, 0.1) is 37.6 Å². The molecule has 7 heteroatoms. The Balaban J connectivity index is 1.13. The van der Waals surface area contributed by atoms with E-state index in [1.165, 1.54) is 38.5 Å². The molecule has 38 heavy (non-hydrogen) atoms. The molecule has 0 aliphatic rings. The summed E-state index contributed by atoms with van der Waals surface area (Å²) in [6.07, 6.45) is 11.0. The van der Waals surface area contributed by atoms with Gasteiger partial charge < -0.3 is 14.2 Å². The maximum Gasteiger partial charge on any atom is 0.310 e. The van der Waals surface area contributed by atoms with Crippen LogP contribution in [-0.4, -0.2) is 25.8 Å². The highest BCUT2D eigenvalue weighted by Crippen LogP contribution is 2.23. The van der Waals surface area contributed by atoms with Crippen molar-refractivity contribution in [2.24, 2.45) is 10.2 Å². The number of hydrogen-bond acceptors (Lipinski definition) is 7. The zero-order valence-corrected chi connectivity index (χ0v) is 23.3. The highest BCUT2D eigenvalue weighted by atomic mass is 32.1. The van der Waals surface area contributed by atoms with Crippen molar-refractivity contribution in [2.45, 2.75) is 71.1 Å². The molecular formula is C31H40N2O4S. The molecule has 1 heterocycles. The molecule has 0 unspecified atom stereocenters. The van der Waals surface area contributed by atoms with Crippen LogP contribution in [0, 0.1) is 0 Å². The molecule has 0 fully saturated rings. The molecule has 204 valence electrons. The molecule has 0 atom stereocenters. The van der Waals surface area contributed by atoms with E-state index in [0.717, 1.165) is 54.3 Å². The molecule has 0 N–H and O–H groups in total. The topological polar surface area (TPSA) is 69.5 Å². The van der Waals surface area contributed by atoms with Crippen LogP contribution in [0.5, 0.6) is 11.5 Å². The summed E-state index contributed by atoms with van der Waals surface area (Å²) in [4.78, 5) is 11.7. The van der Waals surface area contributed by atoms with Gasteiger partial charge in [0.15, 0.2) is 0 Å². The fraction of sp³-hybridized carbons (Fsp3) is 0.452. The Morgan fingerprint density at radius 1 is 0.684 bits per heavy atom. The van der Waals surface area contributed by atoms with Gasteiger partial charge in [-0.1, -0.05) is 44.9 Å². The molecule has 0 saturated heterocycles. The SMILES string of the molecule is CCOc1ccc(N=Nc2ccc(OCCCCCCCCCCCOC(=O)Cc3ccsc3)cc2)cc1. The van der Waals surface area contributed by atoms with Crippen LogP contribution in [0.2, 0.25) is 0 Å². The lowest BCUT2D eigenvalue weighted by Gasteiger charge is -2.06. The lowest BCUT2D eigenvalue weighted by atomic mass is 10.1. The number of azo groups is 1. The highest BCUT2D eigenvalue weighted by Gasteiger charge is 2.04. The van der Waals surface area contributed by atoms with Gasteiger partial charge >= 0.3 is 5.97 Å². The van der Waals surface area contributed by atoms with Crippen LogP contribution in [0.4, 0.5) is 11.4 Å². The molecule has 0 spiro atoms. The second-order valence-electron chi connectivity index (χ2n) is 9.18. The Hall–Kier alpha value is -3.19. The minimum Gasteiger partial charge on any atom is -0.494 e. The Morgan fingerprint density at radius 2 is 1.21 bits per heavy atom. The number of carbonyl (C=O) groups is 1. The van der Waals surface area contributed by atoms with E-state index in [-0.39, 0.29) is 5.97 Å². The van der Waals surface area contributed by atoms with Gasteiger partial charge in [-0.3, -0.25) is 4.79 Å². The molecule has 1 aromatic heterocycles. The van der Waals surface area contributed by atoms with Crippen LogP contribution < -0.4 is 9.47 Å². The van der Waals surface area contributed by atoms with Crippen molar-refractivity contribution in [1.82, 2.24) is 0 Å². The van der Waals surface area contributed by atoms with Crippen LogP contribution in [0.25, 0.3) is 0 Å². The lowest BCUT2D eigenvalue weighted by Crippen LogP contribution is -2.08. The molecule has 0 saturated carbocycles. The molecule has 0 amide bonds. The molecule has 3 aromatic rings. The number of rotatable bonds is 19. The standard InChI is InChI=1S/C31H40N2O4S/c1-2-35-29-16-12-27(13-17-29)32-33-28-14-18-30(19-15-28)36-21-10-8-6-4-3-5-7-9-11-22-37-31(34)24-26-20-23-38-25-26/h12-20,23,25H,2-11,21-22,24H2,1H3. The summed E-state index contributed by atoms with van der Waals surface area (Å²) in [7, 11) is 0. The van der Waals surface area contributed by atoms with Gasteiger partial charge in [0.25, 0.3) is 0 Å². The minimum atomic E-state index is -0.119. The van der Waals surface area contributed by atoms with E-state index < -0.39 is 0 Å². The molecule has 3 rings (SSSR count). The summed E-state index contributed by atoms with van der Waals surface area (Å²) < 4.78 is 16.6. The first-order valence-corrected chi connectivity index (χ1v) is 14.7. The van der Waals surface area contributed by atoms with Gasteiger partial charge in [0, 0.05) is 0 Å². The summed E-state index contributed by atoms with van der Waals surface area (Å²) in [6, 6.07) is 17.3. The summed E-state index contributed by atoms with van der Waals surface area (Å²) >= 11 is 1.61. The second kappa shape index (κ2) is 18.1. The van der Waals surface area contributed by atoms with Crippen molar-refractivity contribution in [2.75, 3.05) is 19.8 Å².